The van der Waals surface area contributed by atoms with Crippen LogP contribution in [0.25, 0.3) is 0 Å². The normalized spacial score (nSPS) is 36.0. The highest BCUT2D eigenvalue weighted by Crippen LogP contribution is 2.27. The SMILES string of the molecule is C1CC2CC(NCC3CCOCC3)CCN2C1. The third kappa shape index (κ3) is 3.01. The Kier molecular flexibility index (Phi) is 3.99. The van der Waals surface area contributed by atoms with E-state index in [0.717, 1.165) is 31.2 Å². The molecule has 0 aromatic rings. The summed E-state index contributed by atoms with van der Waals surface area (Å²) in [6, 6.07) is 1.69. The first kappa shape index (κ1) is 11.9. The van der Waals surface area contributed by atoms with Crippen LogP contribution in [0, 0.1) is 5.92 Å². The Morgan fingerprint density at radius 3 is 2.82 bits per heavy atom. The molecule has 0 radical (unpaired) electrons. The van der Waals surface area contributed by atoms with Crippen LogP contribution in [0.1, 0.15) is 38.5 Å². The molecule has 98 valence electrons. The van der Waals surface area contributed by atoms with Gasteiger partial charge in [-0.25, -0.2) is 0 Å². The third-order valence-electron chi connectivity index (χ3n) is 4.86. The zero-order valence-electron chi connectivity index (χ0n) is 10.9. The summed E-state index contributed by atoms with van der Waals surface area (Å²) in [7, 11) is 0. The van der Waals surface area contributed by atoms with Crippen LogP contribution < -0.4 is 5.32 Å². The molecule has 3 fully saturated rings. The van der Waals surface area contributed by atoms with Crippen LogP contribution in [-0.2, 0) is 4.74 Å². The fraction of sp³-hybridized carbons (Fsp3) is 1.00. The molecule has 0 aliphatic carbocycles. The second-order valence-corrected chi connectivity index (χ2v) is 6.02. The number of hydrogen-bond acceptors (Lipinski definition) is 3. The predicted octanol–water partition coefficient (Wildman–Crippen LogP) is 1.63. The number of nitrogens with one attached hydrogen (secondary N) is 1. The third-order valence-corrected chi connectivity index (χ3v) is 4.86. The molecule has 2 unspecified atom stereocenters. The molecule has 17 heavy (non-hydrogen) atoms. The van der Waals surface area contributed by atoms with E-state index in [1.807, 2.05) is 0 Å². The van der Waals surface area contributed by atoms with Gasteiger partial charge in [0.25, 0.3) is 0 Å². The van der Waals surface area contributed by atoms with Crippen molar-refractivity contribution in [2.45, 2.75) is 50.6 Å². The van der Waals surface area contributed by atoms with Crippen LogP contribution in [0.15, 0.2) is 0 Å². The molecule has 3 heterocycles. The molecule has 3 saturated heterocycles. The summed E-state index contributed by atoms with van der Waals surface area (Å²) < 4.78 is 5.41. The smallest absolute Gasteiger partial charge is 0.0469 e. The average molecular weight is 238 g/mol. The first-order valence-corrected chi connectivity index (χ1v) is 7.47. The highest BCUT2D eigenvalue weighted by atomic mass is 16.5. The minimum atomic E-state index is 0.789. The minimum absolute atomic E-state index is 0.789. The van der Waals surface area contributed by atoms with Gasteiger partial charge in [0.2, 0.25) is 0 Å². The number of rotatable bonds is 3. The predicted molar refractivity (Wildman–Crippen MR) is 69.2 cm³/mol. The monoisotopic (exact) mass is 238 g/mol. The van der Waals surface area contributed by atoms with Crippen molar-refractivity contribution in [2.24, 2.45) is 5.92 Å². The molecule has 3 aliphatic heterocycles. The Morgan fingerprint density at radius 2 is 1.94 bits per heavy atom. The summed E-state index contributed by atoms with van der Waals surface area (Å²) in [5.74, 6) is 0.866. The number of fused-ring (bicyclic) bond motifs is 1. The fourth-order valence-corrected chi connectivity index (χ4v) is 3.69. The lowest BCUT2D eigenvalue weighted by atomic mass is 9.95. The molecule has 0 amide bonds. The van der Waals surface area contributed by atoms with Crippen molar-refractivity contribution in [1.82, 2.24) is 10.2 Å². The lowest BCUT2D eigenvalue weighted by Gasteiger charge is -2.36. The molecule has 3 heteroatoms. The maximum absolute atomic E-state index is 5.41. The lowest BCUT2D eigenvalue weighted by molar-refractivity contribution is 0.0636. The minimum Gasteiger partial charge on any atom is -0.381 e. The van der Waals surface area contributed by atoms with Gasteiger partial charge in [0.1, 0.15) is 0 Å². The van der Waals surface area contributed by atoms with Crippen molar-refractivity contribution >= 4 is 0 Å². The Labute approximate surface area is 105 Å². The number of ether oxygens (including phenoxy) is 1. The lowest BCUT2D eigenvalue weighted by Crippen LogP contribution is -2.47. The van der Waals surface area contributed by atoms with E-state index in [2.05, 4.69) is 10.2 Å². The molecule has 2 atom stereocenters. The summed E-state index contributed by atoms with van der Waals surface area (Å²) in [6.07, 6.45) is 8.14. The number of hydrogen-bond donors (Lipinski definition) is 1. The van der Waals surface area contributed by atoms with Gasteiger partial charge in [-0.1, -0.05) is 0 Å². The van der Waals surface area contributed by atoms with E-state index in [0.29, 0.717) is 0 Å². The van der Waals surface area contributed by atoms with Gasteiger partial charge in [0.05, 0.1) is 0 Å². The van der Waals surface area contributed by atoms with E-state index in [4.69, 9.17) is 4.74 Å². The molecule has 0 bridgehead atoms. The Morgan fingerprint density at radius 1 is 1.06 bits per heavy atom. The van der Waals surface area contributed by atoms with E-state index >= 15 is 0 Å². The molecular formula is C14H26N2O. The fourth-order valence-electron chi connectivity index (χ4n) is 3.69. The van der Waals surface area contributed by atoms with Crippen molar-refractivity contribution < 1.29 is 4.74 Å². The van der Waals surface area contributed by atoms with Crippen LogP contribution in [0.4, 0.5) is 0 Å². The van der Waals surface area contributed by atoms with E-state index in [1.165, 1.54) is 58.2 Å². The first-order chi connectivity index (χ1) is 8.42. The van der Waals surface area contributed by atoms with Gasteiger partial charge in [0.15, 0.2) is 0 Å². The molecule has 3 aliphatic rings. The van der Waals surface area contributed by atoms with Gasteiger partial charge in [-0.2, -0.15) is 0 Å². The first-order valence-electron chi connectivity index (χ1n) is 7.47. The topological polar surface area (TPSA) is 24.5 Å². The van der Waals surface area contributed by atoms with Crippen molar-refractivity contribution in [3.05, 3.63) is 0 Å². The zero-order chi connectivity index (χ0) is 11.5. The number of nitrogens with zero attached hydrogens (tertiary/aromatic N) is 1. The highest BCUT2D eigenvalue weighted by Gasteiger charge is 2.31. The van der Waals surface area contributed by atoms with Gasteiger partial charge in [-0.05, 0) is 64.1 Å². The van der Waals surface area contributed by atoms with Gasteiger partial charge < -0.3 is 15.0 Å². The Hall–Kier alpha value is -0.120. The number of piperidine rings is 1. The van der Waals surface area contributed by atoms with Gasteiger partial charge in [-0.3, -0.25) is 0 Å². The second kappa shape index (κ2) is 5.68. The van der Waals surface area contributed by atoms with Crippen molar-refractivity contribution in [2.75, 3.05) is 32.8 Å². The molecule has 0 aromatic carbocycles. The largest absolute Gasteiger partial charge is 0.381 e. The highest BCUT2D eigenvalue weighted by molar-refractivity contribution is 4.89. The van der Waals surface area contributed by atoms with Gasteiger partial charge in [-0.15, -0.1) is 0 Å². The van der Waals surface area contributed by atoms with Crippen LogP contribution in [0.2, 0.25) is 0 Å². The van der Waals surface area contributed by atoms with E-state index in [1.54, 1.807) is 0 Å². The van der Waals surface area contributed by atoms with Gasteiger partial charge in [0, 0.05) is 25.3 Å². The van der Waals surface area contributed by atoms with Crippen LogP contribution in [0.3, 0.4) is 0 Å². The quantitative estimate of drug-likeness (QED) is 0.809. The average Bonchev–Trinajstić information content (AvgIpc) is 2.85. The Balaban J connectivity index is 1.40. The standard InChI is InChI=1S/C14H26N2O/c1-2-14-10-13(3-7-16(14)6-1)15-11-12-4-8-17-9-5-12/h12-15H,1-11H2. The van der Waals surface area contributed by atoms with Crippen molar-refractivity contribution in [3.8, 4) is 0 Å². The van der Waals surface area contributed by atoms with Crippen LogP contribution in [-0.4, -0.2) is 49.8 Å². The summed E-state index contributed by atoms with van der Waals surface area (Å²) in [4.78, 5) is 2.70. The summed E-state index contributed by atoms with van der Waals surface area (Å²) in [6.45, 7) is 5.87. The molecule has 0 aromatic heterocycles. The summed E-state index contributed by atoms with van der Waals surface area (Å²) in [5.41, 5.74) is 0. The van der Waals surface area contributed by atoms with Crippen LogP contribution in [0.5, 0.6) is 0 Å². The maximum atomic E-state index is 5.41. The molecule has 3 rings (SSSR count). The molecular weight excluding hydrogens is 212 g/mol. The molecule has 0 saturated carbocycles. The summed E-state index contributed by atoms with van der Waals surface area (Å²) >= 11 is 0. The van der Waals surface area contributed by atoms with Gasteiger partial charge >= 0.3 is 0 Å². The molecule has 0 spiro atoms. The summed E-state index contributed by atoms with van der Waals surface area (Å²) in [5, 5.41) is 3.82. The van der Waals surface area contributed by atoms with Crippen molar-refractivity contribution in [1.29, 1.82) is 0 Å². The zero-order valence-corrected chi connectivity index (χ0v) is 10.9. The van der Waals surface area contributed by atoms with Crippen LogP contribution >= 0.6 is 0 Å². The maximum Gasteiger partial charge on any atom is 0.0469 e. The van der Waals surface area contributed by atoms with E-state index in [9.17, 15) is 0 Å². The molecule has 1 N–H and O–H groups in total. The van der Waals surface area contributed by atoms with Crippen molar-refractivity contribution in [3.63, 3.8) is 0 Å². The Bertz CT molecular complexity index is 240. The second-order valence-electron chi connectivity index (χ2n) is 6.02. The van der Waals surface area contributed by atoms with E-state index in [-0.39, 0.29) is 0 Å². The molecule has 3 nitrogen and oxygen atoms in total. The van der Waals surface area contributed by atoms with E-state index < -0.39 is 0 Å².